The monoisotopic (exact) mass is 177 g/mol. The van der Waals surface area contributed by atoms with Crippen molar-refractivity contribution >= 4 is 0 Å². The Morgan fingerprint density at radius 1 is 1.23 bits per heavy atom. The first kappa shape index (κ1) is 8.73. The van der Waals surface area contributed by atoms with Crippen LogP contribution >= 0.6 is 0 Å². The number of rotatable bonds is 4. The Morgan fingerprint density at radius 2 is 1.92 bits per heavy atom. The molecule has 2 rings (SSSR count). The Balaban J connectivity index is 1.96. The summed E-state index contributed by atoms with van der Waals surface area (Å²) in [5, 5.41) is 0. The van der Waals surface area contributed by atoms with E-state index in [-0.39, 0.29) is 0 Å². The maximum Gasteiger partial charge on any atom is 0.0719 e. The van der Waals surface area contributed by atoms with Crippen molar-refractivity contribution in [2.45, 2.75) is 25.2 Å². The van der Waals surface area contributed by atoms with Gasteiger partial charge in [-0.2, -0.15) is 0 Å². The van der Waals surface area contributed by atoms with Gasteiger partial charge < -0.3 is 4.84 Å². The van der Waals surface area contributed by atoms with E-state index in [0.717, 1.165) is 12.3 Å². The molecule has 0 radical (unpaired) electrons. The second-order valence-corrected chi connectivity index (χ2v) is 3.64. The first-order chi connectivity index (χ1) is 6.40. The molecule has 1 aliphatic carbocycles. The van der Waals surface area contributed by atoms with E-state index in [1.54, 1.807) is 0 Å². The lowest BCUT2D eigenvalue weighted by molar-refractivity contribution is 0.141. The van der Waals surface area contributed by atoms with E-state index < -0.39 is 0 Å². The van der Waals surface area contributed by atoms with Crippen molar-refractivity contribution in [3.63, 3.8) is 0 Å². The number of hydrogen-bond donors (Lipinski definition) is 1. The summed E-state index contributed by atoms with van der Waals surface area (Å²) in [6.45, 7) is 0.600. The van der Waals surface area contributed by atoms with Crippen LogP contribution in [0.15, 0.2) is 24.3 Å². The molecule has 2 nitrogen and oxygen atoms in total. The molecule has 1 aromatic carbocycles. The van der Waals surface area contributed by atoms with Crippen LogP contribution in [0, 0.1) is 0 Å². The molecule has 0 unspecified atom stereocenters. The van der Waals surface area contributed by atoms with Crippen LogP contribution in [-0.4, -0.2) is 6.61 Å². The topological polar surface area (TPSA) is 35.2 Å². The maximum absolute atomic E-state index is 4.96. The molecule has 0 spiro atoms. The number of hydrogen-bond acceptors (Lipinski definition) is 2. The molecule has 2 heteroatoms. The Hall–Kier alpha value is -0.860. The van der Waals surface area contributed by atoms with Crippen molar-refractivity contribution < 1.29 is 4.84 Å². The SMILES string of the molecule is NOCCc1ccc(C2CC2)cc1. The summed E-state index contributed by atoms with van der Waals surface area (Å²) in [4.78, 5) is 4.54. The quantitative estimate of drug-likeness (QED) is 0.714. The van der Waals surface area contributed by atoms with Crippen molar-refractivity contribution in [2.24, 2.45) is 5.90 Å². The van der Waals surface area contributed by atoms with Gasteiger partial charge >= 0.3 is 0 Å². The highest BCUT2D eigenvalue weighted by Gasteiger charge is 2.22. The maximum atomic E-state index is 4.96. The fraction of sp³-hybridized carbons (Fsp3) is 0.455. The Kier molecular flexibility index (Phi) is 2.62. The molecule has 1 aliphatic rings. The van der Waals surface area contributed by atoms with Crippen molar-refractivity contribution in [1.82, 2.24) is 0 Å². The van der Waals surface area contributed by atoms with E-state index in [2.05, 4.69) is 29.1 Å². The average molecular weight is 177 g/mol. The first-order valence-electron chi connectivity index (χ1n) is 4.80. The van der Waals surface area contributed by atoms with Gasteiger partial charge in [-0.3, -0.25) is 0 Å². The van der Waals surface area contributed by atoms with Crippen LogP contribution in [0.1, 0.15) is 29.9 Å². The molecule has 0 bridgehead atoms. The lowest BCUT2D eigenvalue weighted by atomic mass is 10.1. The van der Waals surface area contributed by atoms with Gasteiger partial charge in [-0.05, 0) is 36.3 Å². The van der Waals surface area contributed by atoms with E-state index >= 15 is 0 Å². The van der Waals surface area contributed by atoms with Crippen LogP contribution in [0.2, 0.25) is 0 Å². The molecule has 1 fully saturated rings. The van der Waals surface area contributed by atoms with Gasteiger partial charge in [0.2, 0.25) is 0 Å². The summed E-state index contributed by atoms with van der Waals surface area (Å²) >= 11 is 0. The lowest BCUT2D eigenvalue weighted by Gasteiger charge is -2.01. The van der Waals surface area contributed by atoms with Gasteiger partial charge in [0.1, 0.15) is 0 Å². The van der Waals surface area contributed by atoms with E-state index in [0.29, 0.717) is 6.61 Å². The van der Waals surface area contributed by atoms with E-state index in [1.165, 1.54) is 24.0 Å². The minimum atomic E-state index is 0.600. The first-order valence-corrected chi connectivity index (χ1v) is 4.80. The zero-order chi connectivity index (χ0) is 9.10. The largest absolute Gasteiger partial charge is 0.304 e. The van der Waals surface area contributed by atoms with Crippen molar-refractivity contribution in [3.05, 3.63) is 35.4 Å². The van der Waals surface area contributed by atoms with Crippen LogP contribution in [0.5, 0.6) is 0 Å². The molecule has 0 saturated heterocycles. The van der Waals surface area contributed by atoms with Gasteiger partial charge in [0.15, 0.2) is 0 Å². The van der Waals surface area contributed by atoms with Crippen molar-refractivity contribution in [1.29, 1.82) is 0 Å². The van der Waals surface area contributed by atoms with Crippen LogP contribution in [-0.2, 0) is 11.3 Å². The molecule has 1 saturated carbocycles. The summed E-state index contributed by atoms with van der Waals surface area (Å²) < 4.78 is 0. The second-order valence-electron chi connectivity index (χ2n) is 3.64. The molecule has 1 aromatic rings. The summed E-state index contributed by atoms with van der Waals surface area (Å²) in [6.07, 6.45) is 3.64. The van der Waals surface area contributed by atoms with Gasteiger partial charge in [0.25, 0.3) is 0 Å². The highest BCUT2D eigenvalue weighted by molar-refractivity contribution is 5.28. The highest BCUT2D eigenvalue weighted by Crippen LogP contribution is 2.39. The summed E-state index contributed by atoms with van der Waals surface area (Å²) in [5.74, 6) is 5.81. The zero-order valence-corrected chi connectivity index (χ0v) is 7.70. The average Bonchev–Trinajstić information content (AvgIpc) is 2.99. The lowest BCUT2D eigenvalue weighted by Crippen LogP contribution is -2.03. The second kappa shape index (κ2) is 3.90. The zero-order valence-electron chi connectivity index (χ0n) is 7.70. The van der Waals surface area contributed by atoms with Gasteiger partial charge in [0, 0.05) is 0 Å². The smallest absolute Gasteiger partial charge is 0.0719 e. The van der Waals surface area contributed by atoms with E-state index in [1.807, 2.05) is 0 Å². The molecule has 13 heavy (non-hydrogen) atoms. The standard InChI is InChI=1S/C11H15NO/c12-13-8-7-9-1-3-10(4-2-9)11-5-6-11/h1-4,11H,5-8,12H2. The van der Waals surface area contributed by atoms with Crippen LogP contribution in [0.3, 0.4) is 0 Å². The van der Waals surface area contributed by atoms with Gasteiger partial charge in [0.05, 0.1) is 6.61 Å². The molecular weight excluding hydrogens is 162 g/mol. The minimum Gasteiger partial charge on any atom is -0.304 e. The Bertz CT molecular complexity index is 264. The third-order valence-corrected chi connectivity index (χ3v) is 2.54. The molecule has 0 heterocycles. The van der Waals surface area contributed by atoms with Gasteiger partial charge in [-0.15, -0.1) is 0 Å². The van der Waals surface area contributed by atoms with E-state index in [9.17, 15) is 0 Å². The summed E-state index contributed by atoms with van der Waals surface area (Å²) in [6, 6.07) is 8.80. The fourth-order valence-corrected chi connectivity index (χ4v) is 1.55. The normalized spacial score (nSPS) is 16.1. The van der Waals surface area contributed by atoms with E-state index in [4.69, 9.17) is 5.90 Å². The summed E-state index contributed by atoms with van der Waals surface area (Å²) in [5.41, 5.74) is 2.78. The molecular formula is C11H15NO. The van der Waals surface area contributed by atoms with Crippen LogP contribution in [0.25, 0.3) is 0 Å². The molecule has 0 amide bonds. The van der Waals surface area contributed by atoms with Crippen molar-refractivity contribution in [3.8, 4) is 0 Å². The molecule has 70 valence electrons. The van der Waals surface area contributed by atoms with Crippen molar-refractivity contribution in [2.75, 3.05) is 6.61 Å². The third kappa shape index (κ3) is 2.29. The Morgan fingerprint density at radius 3 is 2.46 bits per heavy atom. The van der Waals surface area contributed by atoms with Gasteiger partial charge in [-0.25, -0.2) is 5.90 Å². The third-order valence-electron chi connectivity index (χ3n) is 2.54. The molecule has 2 N–H and O–H groups in total. The summed E-state index contributed by atoms with van der Waals surface area (Å²) in [7, 11) is 0. The van der Waals surface area contributed by atoms with Gasteiger partial charge in [-0.1, -0.05) is 24.3 Å². The molecule has 0 aromatic heterocycles. The minimum absolute atomic E-state index is 0.600. The molecule has 0 atom stereocenters. The Labute approximate surface area is 78.7 Å². The van der Waals surface area contributed by atoms with Crippen LogP contribution < -0.4 is 5.90 Å². The number of nitrogens with two attached hydrogens (primary N) is 1. The molecule has 0 aliphatic heterocycles. The highest BCUT2D eigenvalue weighted by atomic mass is 16.6. The number of benzene rings is 1. The fourth-order valence-electron chi connectivity index (χ4n) is 1.55. The van der Waals surface area contributed by atoms with Crippen LogP contribution in [0.4, 0.5) is 0 Å². The predicted molar refractivity (Wildman–Crippen MR) is 52.3 cm³/mol. The predicted octanol–water partition coefficient (Wildman–Crippen LogP) is 2.00.